The van der Waals surface area contributed by atoms with E-state index in [1.807, 2.05) is 32.9 Å². The molecule has 0 fully saturated rings. The Kier molecular flexibility index (Phi) is 10.4. The van der Waals surface area contributed by atoms with Crippen LogP contribution in [0.25, 0.3) is 0 Å². The van der Waals surface area contributed by atoms with Crippen molar-refractivity contribution in [1.29, 1.82) is 0 Å². The van der Waals surface area contributed by atoms with Crippen LogP contribution in [0.3, 0.4) is 0 Å². The number of nitrogens with one attached hydrogen (secondary N) is 1. The molecule has 1 unspecified atom stereocenters. The minimum absolute atomic E-state index is 0.0869. The molecule has 2 rings (SSSR count). The number of sulfonamides is 1. The van der Waals surface area contributed by atoms with Crippen molar-refractivity contribution in [1.82, 2.24) is 10.2 Å². The van der Waals surface area contributed by atoms with E-state index in [0.717, 1.165) is 29.0 Å². The Bertz CT molecular complexity index is 1090. The smallest absolute Gasteiger partial charge is 0.244 e. The molecule has 0 aliphatic rings. The fourth-order valence-electron chi connectivity index (χ4n) is 3.63. The second-order valence-corrected chi connectivity index (χ2v) is 10.6. The van der Waals surface area contributed by atoms with Gasteiger partial charge in [0.25, 0.3) is 0 Å². The first-order valence-electron chi connectivity index (χ1n) is 11.4. The molecule has 9 heteroatoms. The fraction of sp³-hybridized carbons (Fsp3) is 0.440. The molecule has 34 heavy (non-hydrogen) atoms. The van der Waals surface area contributed by atoms with Crippen molar-refractivity contribution in [2.75, 3.05) is 23.7 Å². The molecule has 2 aromatic rings. The zero-order chi connectivity index (χ0) is 25.3. The van der Waals surface area contributed by atoms with E-state index in [9.17, 15) is 18.0 Å². The average molecular weight is 508 g/mol. The topological polar surface area (TPSA) is 86.8 Å². The summed E-state index contributed by atoms with van der Waals surface area (Å²) < 4.78 is 26.3. The lowest BCUT2D eigenvalue weighted by Gasteiger charge is -2.33. The third-order valence-electron chi connectivity index (χ3n) is 5.48. The van der Waals surface area contributed by atoms with Crippen LogP contribution in [-0.4, -0.2) is 50.5 Å². The predicted octanol–water partition coefficient (Wildman–Crippen LogP) is 4.14. The Morgan fingerprint density at radius 2 is 1.79 bits per heavy atom. The third kappa shape index (κ3) is 7.74. The highest BCUT2D eigenvalue weighted by atomic mass is 35.5. The van der Waals surface area contributed by atoms with E-state index >= 15 is 0 Å². The molecule has 0 spiro atoms. The van der Waals surface area contributed by atoms with Gasteiger partial charge in [-0.15, -0.1) is 0 Å². The van der Waals surface area contributed by atoms with Crippen LogP contribution < -0.4 is 9.62 Å². The fourth-order valence-corrected chi connectivity index (χ4v) is 4.67. The van der Waals surface area contributed by atoms with Gasteiger partial charge in [-0.2, -0.15) is 0 Å². The highest BCUT2D eigenvalue weighted by Crippen LogP contribution is 2.22. The van der Waals surface area contributed by atoms with Crippen molar-refractivity contribution < 1.29 is 18.0 Å². The SMILES string of the molecule is CCCCNC(=O)C(CC)N(Cc1ccccc1Cl)C(=O)CN(c1cccc(C)c1)S(C)(=O)=O. The lowest BCUT2D eigenvalue weighted by Crippen LogP contribution is -2.52. The number of anilines is 1. The maximum atomic E-state index is 13.6. The van der Waals surface area contributed by atoms with Crippen LogP contribution >= 0.6 is 11.6 Å². The van der Waals surface area contributed by atoms with Crippen molar-refractivity contribution in [3.63, 3.8) is 0 Å². The summed E-state index contributed by atoms with van der Waals surface area (Å²) in [5.41, 5.74) is 1.95. The molecule has 0 radical (unpaired) electrons. The summed E-state index contributed by atoms with van der Waals surface area (Å²) in [6.07, 6.45) is 3.20. The number of hydrogen-bond donors (Lipinski definition) is 1. The Labute approximate surface area is 208 Å². The number of nitrogens with zero attached hydrogens (tertiary/aromatic N) is 2. The van der Waals surface area contributed by atoms with Crippen molar-refractivity contribution in [2.45, 2.75) is 52.6 Å². The van der Waals surface area contributed by atoms with Crippen LogP contribution in [0.2, 0.25) is 5.02 Å². The maximum absolute atomic E-state index is 13.6. The molecule has 1 N–H and O–H groups in total. The monoisotopic (exact) mass is 507 g/mol. The molecule has 0 aliphatic heterocycles. The van der Waals surface area contributed by atoms with Gasteiger partial charge in [-0.1, -0.05) is 62.2 Å². The molecular formula is C25H34ClN3O4S. The summed E-state index contributed by atoms with van der Waals surface area (Å²) in [6.45, 7) is 5.88. The first kappa shape index (κ1) is 27.7. The third-order valence-corrected chi connectivity index (χ3v) is 6.99. The van der Waals surface area contributed by atoms with E-state index in [4.69, 9.17) is 11.6 Å². The van der Waals surface area contributed by atoms with E-state index < -0.39 is 28.5 Å². The van der Waals surface area contributed by atoms with E-state index in [1.165, 1.54) is 4.90 Å². The zero-order valence-corrected chi connectivity index (χ0v) is 21.8. The quantitative estimate of drug-likeness (QED) is 0.437. The van der Waals surface area contributed by atoms with Crippen LogP contribution in [0.5, 0.6) is 0 Å². The van der Waals surface area contributed by atoms with Gasteiger partial charge >= 0.3 is 0 Å². The highest BCUT2D eigenvalue weighted by Gasteiger charge is 2.32. The van der Waals surface area contributed by atoms with Crippen molar-refractivity contribution >= 4 is 39.1 Å². The second-order valence-electron chi connectivity index (χ2n) is 8.29. The Balaban J connectivity index is 2.41. The standard InChI is InChI=1S/C25H34ClN3O4S/c1-5-7-15-27-25(31)23(6-2)28(17-20-12-8-9-14-22(20)26)24(30)18-29(34(4,32)33)21-13-10-11-19(3)16-21/h8-14,16,23H,5-7,15,17-18H2,1-4H3,(H,27,31). The normalized spacial score (nSPS) is 12.1. The van der Waals surface area contributed by atoms with Crippen molar-refractivity contribution in [2.24, 2.45) is 0 Å². The Hall–Kier alpha value is -2.58. The van der Waals surface area contributed by atoms with Gasteiger partial charge in [0, 0.05) is 18.1 Å². The van der Waals surface area contributed by atoms with Crippen LogP contribution in [-0.2, 0) is 26.2 Å². The van der Waals surface area contributed by atoms with Gasteiger partial charge < -0.3 is 10.2 Å². The van der Waals surface area contributed by atoms with Crippen molar-refractivity contribution in [3.05, 3.63) is 64.7 Å². The molecule has 0 saturated heterocycles. The Morgan fingerprint density at radius 3 is 2.38 bits per heavy atom. The summed E-state index contributed by atoms with van der Waals surface area (Å²) in [4.78, 5) is 28.0. The molecule has 186 valence electrons. The highest BCUT2D eigenvalue weighted by molar-refractivity contribution is 7.92. The summed E-state index contributed by atoms with van der Waals surface area (Å²) in [5, 5.41) is 3.37. The molecule has 7 nitrogen and oxygen atoms in total. The summed E-state index contributed by atoms with van der Waals surface area (Å²) in [5.74, 6) is -0.748. The summed E-state index contributed by atoms with van der Waals surface area (Å²) in [7, 11) is -3.76. The van der Waals surface area contributed by atoms with Crippen LogP contribution in [0.1, 0.15) is 44.2 Å². The minimum atomic E-state index is -3.76. The second kappa shape index (κ2) is 12.8. The lowest BCUT2D eigenvalue weighted by atomic mass is 10.1. The first-order valence-corrected chi connectivity index (χ1v) is 13.7. The van der Waals surface area contributed by atoms with Gasteiger partial charge in [0.05, 0.1) is 11.9 Å². The number of amides is 2. The van der Waals surface area contributed by atoms with E-state index in [-0.39, 0.29) is 12.5 Å². The van der Waals surface area contributed by atoms with E-state index in [2.05, 4.69) is 5.32 Å². The molecule has 2 amide bonds. The molecule has 2 aromatic carbocycles. The lowest BCUT2D eigenvalue weighted by molar-refractivity contribution is -0.140. The number of halogens is 1. The number of carbonyl (C=O) groups excluding carboxylic acids is 2. The van der Waals surface area contributed by atoms with Crippen LogP contribution in [0.15, 0.2) is 48.5 Å². The van der Waals surface area contributed by atoms with E-state index in [1.54, 1.807) is 36.4 Å². The number of unbranched alkanes of at least 4 members (excludes halogenated alkanes) is 1. The number of rotatable bonds is 12. The van der Waals surface area contributed by atoms with Gasteiger partial charge in [0.15, 0.2) is 0 Å². The summed E-state index contributed by atoms with van der Waals surface area (Å²) in [6, 6.07) is 13.3. The number of hydrogen-bond acceptors (Lipinski definition) is 4. The number of carbonyl (C=O) groups is 2. The van der Waals surface area contributed by atoms with Gasteiger partial charge in [-0.05, 0) is 49.1 Å². The first-order chi connectivity index (χ1) is 16.1. The average Bonchev–Trinajstić information content (AvgIpc) is 2.77. The van der Waals surface area contributed by atoms with E-state index in [0.29, 0.717) is 29.2 Å². The molecule has 0 heterocycles. The predicted molar refractivity (Wildman–Crippen MR) is 137 cm³/mol. The van der Waals surface area contributed by atoms with Gasteiger partial charge in [-0.3, -0.25) is 13.9 Å². The summed E-state index contributed by atoms with van der Waals surface area (Å²) >= 11 is 6.35. The van der Waals surface area contributed by atoms with Crippen molar-refractivity contribution in [3.8, 4) is 0 Å². The molecule has 0 aliphatic carbocycles. The molecular weight excluding hydrogens is 474 g/mol. The van der Waals surface area contributed by atoms with Crippen LogP contribution in [0.4, 0.5) is 5.69 Å². The molecule has 0 saturated carbocycles. The minimum Gasteiger partial charge on any atom is -0.354 e. The number of aryl methyl sites for hydroxylation is 1. The maximum Gasteiger partial charge on any atom is 0.244 e. The van der Waals surface area contributed by atoms with Gasteiger partial charge in [0.2, 0.25) is 21.8 Å². The van der Waals surface area contributed by atoms with Gasteiger partial charge in [-0.25, -0.2) is 8.42 Å². The molecule has 0 bridgehead atoms. The van der Waals surface area contributed by atoms with Crippen LogP contribution in [0, 0.1) is 6.92 Å². The number of benzene rings is 2. The Morgan fingerprint density at radius 1 is 1.09 bits per heavy atom. The largest absolute Gasteiger partial charge is 0.354 e. The zero-order valence-electron chi connectivity index (χ0n) is 20.3. The molecule has 0 aromatic heterocycles. The van der Waals surface area contributed by atoms with Gasteiger partial charge in [0.1, 0.15) is 12.6 Å². The molecule has 1 atom stereocenters.